The normalized spacial score (nSPS) is 12.8. The molecule has 0 heterocycles. The maximum Gasteiger partial charge on any atom is 0.0638 e. The van der Waals surface area contributed by atoms with Crippen LogP contribution in [0.1, 0.15) is 5.56 Å². The molecule has 2 N–H and O–H groups in total. The quantitative estimate of drug-likeness (QED) is 0.817. The lowest BCUT2D eigenvalue weighted by Gasteiger charge is -2.16. The van der Waals surface area contributed by atoms with Gasteiger partial charge in [-0.1, -0.05) is 42.5 Å². The van der Waals surface area contributed by atoms with Gasteiger partial charge in [-0.15, -0.1) is 0 Å². The van der Waals surface area contributed by atoms with Gasteiger partial charge in [0, 0.05) is 13.7 Å². The Bertz CT molecular complexity index is 493. The van der Waals surface area contributed by atoms with Gasteiger partial charge in [0.25, 0.3) is 0 Å². The molecule has 2 aromatic rings. The first-order valence-corrected chi connectivity index (χ1v) is 6.15. The monoisotopic (exact) mass is 245 g/mol. The molecule has 0 radical (unpaired) electrons. The van der Waals surface area contributed by atoms with Gasteiger partial charge in [-0.2, -0.15) is 0 Å². The molecule has 1 atom stereocenters. The minimum absolute atomic E-state index is 0.0195. The van der Waals surface area contributed by atoms with E-state index in [1.165, 1.54) is 16.3 Å². The molecule has 18 heavy (non-hydrogen) atoms. The molecule has 96 valence electrons. The van der Waals surface area contributed by atoms with Gasteiger partial charge >= 0.3 is 0 Å². The summed E-state index contributed by atoms with van der Waals surface area (Å²) in [5.74, 6) is 0. The molecule has 3 nitrogen and oxygen atoms in total. The summed E-state index contributed by atoms with van der Waals surface area (Å²) in [5.41, 5.74) is 1.24. The van der Waals surface area contributed by atoms with Crippen LogP contribution in [0.3, 0.4) is 0 Å². The topological polar surface area (TPSA) is 41.5 Å². The molecule has 0 amide bonds. The summed E-state index contributed by atoms with van der Waals surface area (Å²) in [5, 5.41) is 15.0. The van der Waals surface area contributed by atoms with Crippen molar-refractivity contribution < 1.29 is 9.84 Å². The molecule has 0 bridgehead atoms. The van der Waals surface area contributed by atoms with E-state index >= 15 is 0 Å². The smallest absolute Gasteiger partial charge is 0.0638 e. The molecule has 2 aromatic carbocycles. The first-order chi connectivity index (χ1) is 8.85. The Labute approximate surface area is 107 Å². The van der Waals surface area contributed by atoms with Gasteiger partial charge < -0.3 is 15.2 Å². The van der Waals surface area contributed by atoms with E-state index in [2.05, 4.69) is 35.6 Å². The summed E-state index contributed by atoms with van der Waals surface area (Å²) in [6.45, 7) is 1.33. The minimum atomic E-state index is -0.0195. The molecule has 0 saturated heterocycles. The van der Waals surface area contributed by atoms with Crippen LogP contribution in [0.5, 0.6) is 0 Å². The SMILES string of the molecule is COCC(CO)NCc1cccc2ccccc12. The van der Waals surface area contributed by atoms with Crippen LogP contribution >= 0.6 is 0 Å². The Balaban J connectivity index is 2.11. The molecule has 0 saturated carbocycles. The Morgan fingerprint density at radius 1 is 1.17 bits per heavy atom. The van der Waals surface area contributed by atoms with Gasteiger partial charge in [0.15, 0.2) is 0 Å². The molecule has 0 aromatic heterocycles. The zero-order chi connectivity index (χ0) is 12.8. The van der Waals surface area contributed by atoms with Crippen molar-refractivity contribution in [3.8, 4) is 0 Å². The van der Waals surface area contributed by atoms with Crippen molar-refractivity contribution in [2.45, 2.75) is 12.6 Å². The summed E-state index contributed by atoms with van der Waals surface area (Å²) >= 11 is 0. The van der Waals surface area contributed by atoms with E-state index < -0.39 is 0 Å². The highest BCUT2D eigenvalue weighted by molar-refractivity contribution is 5.85. The lowest BCUT2D eigenvalue weighted by molar-refractivity contribution is 0.128. The molecule has 1 unspecified atom stereocenters. The van der Waals surface area contributed by atoms with E-state index in [-0.39, 0.29) is 12.6 Å². The number of fused-ring (bicyclic) bond motifs is 1. The van der Waals surface area contributed by atoms with Crippen molar-refractivity contribution >= 4 is 10.8 Å². The Hall–Kier alpha value is -1.42. The molecule has 0 aliphatic heterocycles. The van der Waals surface area contributed by atoms with Crippen molar-refractivity contribution in [3.05, 3.63) is 48.0 Å². The second kappa shape index (κ2) is 6.50. The van der Waals surface area contributed by atoms with E-state index in [0.717, 1.165) is 6.54 Å². The number of nitrogens with one attached hydrogen (secondary N) is 1. The fourth-order valence-electron chi connectivity index (χ4n) is 2.08. The molecule has 0 aliphatic rings. The molecule has 2 rings (SSSR count). The first-order valence-electron chi connectivity index (χ1n) is 6.15. The highest BCUT2D eigenvalue weighted by Crippen LogP contribution is 2.18. The van der Waals surface area contributed by atoms with Crippen molar-refractivity contribution in [2.24, 2.45) is 0 Å². The lowest BCUT2D eigenvalue weighted by atomic mass is 10.0. The van der Waals surface area contributed by atoms with E-state index in [4.69, 9.17) is 4.74 Å². The van der Waals surface area contributed by atoms with Crippen LogP contribution in [-0.4, -0.2) is 31.5 Å². The Morgan fingerprint density at radius 2 is 1.94 bits per heavy atom. The van der Waals surface area contributed by atoms with E-state index in [0.29, 0.717) is 6.61 Å². The second-order valence-electron chi connectivity index (χ2n) is 4.35. The number of benzene rings is 2. The maximum atomic E-state index is 9.21. The van der Waals surface area contributed by atoms with Crippen LogP contribution < -0.4 is 5.32 Å². The van der Waals surface area contributed by atoms with Gasteiger partial charge in [0.2, 0.25) is 0 Å². The van der Waals surface area contributed by atoms with E-state index in [1.807, 2.05) is 12.1 Å². The predicted molar refractivity (Wildman–Crippen MR) is 73.5 cm³/mol. The van der Waals surface area contributed by atoms with Crippen LogP contribution in [0.4, 0.5) is 0 Å². The molecule has 0 fully saturated rings. The average Bonchev–Trinajstić information content (AvgIpc) is 2.43. The zero-order valence-electron chi connectivity index (χ0n) is 10.6. The number of ether oxygens (including phenoxy) is 1. The molecular formula is C15H19NO2. The summed E-state index contributed by atoms with van der Waals surface area (Å²) in [6.07, 6.45) is 0. The molecule has 3 heteroatoms. The molecular weight excluding hydrogens is 226 g/mol. The van der Waals surface area contributed by atoms with Crippen molar-refractivity contribution in [1.82, 2.24) is 5.32 Å². The fourth-order valence-corrected chi connectivity index (χ4v) is 2.08. The Kier molecular flexibility index (Phi) is 4.70. The predicted octanol–water partition coefficient (Wildman–Crippen LogP) is 1.94. The fraction of sp³-hybridized carbons (Fsp3) is 0.333. The van der Waals surface area contributed by atoms with Crippen LogP contribution in [-0.2, 0) is 11.3 Å². The second-order valence-corrected chi connectivity index (χ2v) is 4.35. The number of aliphatic hydroxyl groups excluding tert-OH is 1. The Morgan fingerprint density at radius 3 is 2.72 bits per heavy atom. The summed E-state index contributed by atoms with van der Waals surface area (Å²) in [7, 11) is 1.64. The number of hydrogen-bond acceptors (Lipinski definition) is 3. The summed E-state index contributed by atoms with van der Waals surface area (Å²) in [4.78, 5) is 0. The largest absolute Gasteiger partial charge is 0.395 e. The average molecular weight is 245 g/mol. The minimum Gasteiger partial charge on any atom is -0.395 e. The maximum absolute atomic E-state index is 9.21. The number of methoxy groups -OCH3 is 1. The van der Waals surface area contributed by atoms with Gasteiger partial charge in [-0.3, -0.25) is 0 Å². The number of rotatable bonds is 6. The highest BCUT2D eigenvalue weighted by Gasteiger charge is 2.07. The molecule has 0 aliphatic carbocycles. The molecule has 0 spiro atoms. The van der Waals surface area contributed by atoms with Crippen molar-refractivity contribution in [2.75, 3.05) is 20.3 Å². The van der Waals surface area contributed by atoms with Gasteiger partial charge in [0.05, 0.1) is 19.3 Å². The van der Waals surface area contributed by atoms with E-state index in [9.17, 15) is 5.11 Å². The van der Waals surface area contributed by atoms with Crippen LogP contribution in [0.25, 0.3) is 10.8 Å². The third-order valence-corrected chi connectivity index (χ3v) is 3.05. The highest BCUT2D eigenvalue weighted by atomic mass is 16.5. The first kappa shape index (κ1) is 13.0. The van der Waals surface area contributed by atoms with E-state index in [1.54, 1.807) is 7.11 Å². The number of hydrogen-bond donors (Lipinski definition) is 2. The van der Waals surface area contributed by atoms with Crippen LogP contribution in [0.15, 0.2) is 42.5 Å². The summed E-state index contributed by atoms with van der Waals surface area (Å²) < 4.78 is 5.05. The van der Waals surface area contributed by atoms with Gasteiger partial charge in [-0.25, -0.2) is 0 Å². The lowest BCUT2D eigenvalue weighted by Crippen LogP contribution is -2.35. The third kappa shape index (κ3) is 3.07. The van der Waals surface area contributed by atoms with Crippen LogP contribution in [0.2, 0.25) is 0 Å². The van der Waals surface area contributed by atoms with Crippen molar-refractivity contribution in [3.63, 3.8) is 0 Å². The third-order valence-electron chi connectivity index (χ3n) is 3.05. The zero-order valence-corrected chi connectivity index (χ0v) is 10.6. The number of aliphatic hydroxyl groups is 1. The van der Waals surface area contributed by atoms with Crippen LogP contribution in [0, 0.1) is 0 Å². The standard InChI is InChI=1S/C15H19NO2/c1-18-11-14(10-17)16-9-13-7-4-6-12-5-2-3-8-15(12)13/h2-8,14,16-17H,9-11H2,1H3. The summed E-state index contributed by atoms with van der Waals surface area (Å²) in [6, 6.07) is 14.6. The van der Waals surface area contributed by atoms with Gasteiger partial charge in [-0.05, 0) is 16.3 Å². The van der Waals surface area contributed by atoms with Crippen molar-refractivity contribution in [1.29, 1.82) is 0 Å². The van der Waals surface area contributed by atoms with Gasteiger partial charge in [0.1, 0.15) is 0 Å².